The highest BCUT2D eigenvalue weighted by Crippen LogP contribution is 2.29. The third-order valence-corrected chi connectivity index (χ3v) is 7.22. The molecular weight excluding hydrogens is 450 g/mol. The predicted octanol–water partition coefficient (Wildman–Crippen LogP) is 5.44. The van der Waals surface area contributed by atoms with Crippen molar-refractivity contribution >= 4 is 17.5 Å². The summed E-state index contributed by atoms with van der Waals surface area (Å²) < 4.78 is 5.23. The molecule has 2 aliphatic rings. The first-order chi connectivity index (χ1) is 17.7. The van der Waals surface area contributed by atoms with Crippen molar-refractivity contribution in [1.29, 1.82) is 0 Å². The van der Waals surface area contributed by atoms with Crippen LogP contribution in [0, 0.1) is 0 Å². The lowest BCUT2D eigenvalue weighted by Gasteiger charge is -2.38. The van der Waals surface area contributed by atoms with Crippen molar-refractivity contribution in [2.45, 2.75) is 44.6 Å². The molecule has 1 N–H and O–H groups in total. The van der Waals surface area contributed by atoms with Crippen LogP contribution in [0.1, 0.15) is 50.1 Å². The smallest absolute Gasteiger partial charge is 0.244 e. The Bertz CT molecular complexity index is 1120. The number of ether oxygens (including phenoxy) is 1. The molecule has 1 aromatic heterocycles. The fourth-order valence-corrected chi connectivity index (χ4v) is 5.18. The Hall–Kier alpha value is -3.45. The van der Waals surface area contributed by atoms with Crippen LogP contribution >= 0.6 is 0 Å². The highest BCUT2D eigenvalue weighted by atomic mass is 16.5. The standard InChI is InChI=1S/C29H35N5O2/c1-36-26-14-10-22(11-15-26)24-20-30-29(31-21-24)32-25-12-8-23(9-13-25)27(33-16-4-2-5-17-33)28(35)34-18-6-3-7-19-34/h8-15,20-21,27H,2-7,16-19H2,1H3,(H,30,31,32). The van der Waals surface area contributed by atoms with Gasteiger partial charge in [-0.1, -0.05) is 30.7 Å². The number of benzene rings is 2. The van der Waals surface area contributed by atoms with E-state index in [0.717, 1.165) is 80.0 Å². The second kappa shape index (κ2) is 11.5. The molecule has 7 heteroatoms. The number of carbonyl (C=O) groups excluding carboxylic acids is 1. The maximum Gasteiger partial charge on any atom is 0.244 e. The lowest BCUT2D eigenvalue weighted by atomic mass is 9.99. The lowest BCUT2D eigenvalue weighted by Crippen LogP contribution is -2.46. The third-order valence-electron chi connectivity index (χ3n) is 7.22. The van der Waals surface area contributed by atoms with E-state index in [1.54, 1.807) is 7.11 Å². The number of rotatable bonds is 7. The first kappa shape index (κ1) is 24.3. The van der Waals surface area contributed by atoms with Crippen molar-refractivity contribution in [2.75, 3.05) is 38.6 Å². The van der Waals surface area contributed by atoms with E-state index < -0.39 is 0 Å². The molecule has 0 radical (unpaired) electrons. The van der Waals surface area contributed by atoms with Gasteiger partial charge >= 0.3 is 0 Å². The molecular formula is C29H35N5O2. The van der Waals surface area contributed by atoms with Crippen molar-refractivity contribution in [3.05, 3.63) is 66.5 Å². The van der Waals surface area contributed by atoms with Gasteiger partial charge in [-0.05, 0) is 80.6 Å². The SMILES string of the molecule is COc1ccc(-c2cnc(Nc3ccc(C(C(=O)N4CCCCC4)N4CCCCC4)cc3)nc2)cc1. The number of hydrogen-bond donors (Lipinski definition) is 1. The first-order valence-electron chi connectivity index (χ1n) is 13.1. The number of piperidine rings is 2. The van der Waals surface area contributed by atoms with Crippen molar-refractivity contribution in [1.82, 2.24) is 19.8 Å². The monoisotopic (exact) mass is 485 g/mol. The van der Waals surface area contributed by atoms with Crippen LogP contribution in [0.15, 0.2) is 60.9 Å². The second-order valence-electron chi connectivity index (χ2n) is 9.66. The van der Waals surface area contributed by atoms with E-state index in [4.69, 9.17) is 4.74 Å². The number of nitrogens with one attached hydrogen (secondary N) is 1. The number of anilines is 2. The molecule has 2 saturated heterocycles. The molecule has 2 fully saturated rings. The van der Waals surface area contributed by atoms with Crippen molar-refractivity contribution < 1.29 is 9.53 Å². The largest absolute Gasteiger partial charge is 0.497 e. The van der Waals surface area contributed by atoms with Crippen LogP contribution in [0.2, 0.25) is 0 Å². The average molecular weight is 486 g/mol. The van der Waals surface area contributed by atoms with E-state index >= 15 is 0 Å². The first-order valence-corrected chi connectivity index (χ1v) is 13.1. The summed E-state index contributed by atoms with van der Waals surface area (Å²) in [6, 6.07) is 15.8. The molecule has 1 unspecified atom stereocenters. The van der Waals surface area contributed by atoms with Gasteiger partial charge in [0.25, 0.3) is 0 Å². The molecule has 5 rings (SSSR count). The molecule has 0 saturated carbocycles. The summed E-state index contributed by atoms with van der Waals surface area (Å²) in [6.07, 6.45) is 10.6. The molecule has 1 atom stereocenters. The van der Waals surface area contributed by atoms with Gasteiger partial charge in [0, 0.05) is 36.7 Å². The summed E-state index contributed by atoms with van der Waals surface area (Å²) in [4.78, 5) is 27.0. The Morgan fingerprint density at radius 2 is 1.42 bits per heavy atom. The highest BCUT2D eigenvalue weighted by Gasteiger charge is 2.32. The Balaban J connectivity index is 1.29. The van der Waals surface area contributed by atoms with E-state index in [2.05, 4.69) is 37.2 Å². The summed E-state index contributed by atoms with van der Waals surface area (Å²) in [5, 5.41) is 3.29. The van der Waals surface area contributed by atoms with Crippen LogP contribution in [-0.4, -0.2) is 59.0 Å². The second-order valence-corrected chi connectivity index (χ2v) is 9.66. The summed E-state index contributed by atoms with van der Waals surface area (Å²) in [7, 11) is 1.66. The summed E-state index contributed by atoms with van der Waals surface area (Å²) >= 11 is 0. The molecule has 3 aromatic rings. The highest BCUT2D eigenvalue weighted by molar-refractivity contribution is 5.83. The molecule has 36 heavy (non-hydrogen) atoms. The van der Waals surface area contributed by atoms with Crippen molar-refractivity contribution in [3.63, 3.8) is 0 Å². The van der Waals surface area contributed by atoms with E-state index in [-0.39, 0.29) is 11.9 Å². The molecule has 0 bridgehead atoms. The van der Waals surface area contributed by atoms with E-state index in [0.29, 0.717) is 5.95 Å². The Kier molecular flexibility index (Phi) is 7.76. The van der Waals surface area contributed by atoms with Crippen LogP contribution in [0.25, 0.3) is 11.1 Å². The minimum absolute atomic E-state index is 0.197. The van der Waals surface area contributed by atoms with Gasteiger partial charge < -0.3 is 15.0 Å². The van der Waals surface area contributed by atoms with Gasteiger partial charge in [-0.3, -0.25) is 9.69 Å². The Morgan fingerprint density at radius 1 is 0.806 bits per heavy atom. The van der Waals surface area contributed by atoms with Crippen LogP contribution in [0.5, 0.6) is 5.75 Å². The van der Waals surface area contributed by atoms with Gasteiger partial charge in [0.2, 0.25) is 11.9 Å². The van der Waals surface area contributed by atoms with Gasteiger partial charge in [0.15, 0.2) is 0 Å². The number of aromatic nitrogens is 2. The number of likely N-dealkylation sites (tertiary alicyclic amines) is 2. The zero-order chi connectivity index (χ0) is 24.7. The van der Waals surface area contributed by atoms with Gasteiger partial charge in [0.05, 0.1) is 7.11 Å². The fraction of sp³-hybridized carbons (Fsp3) is 0.414. The fourth-order valence-electron chi connectivity index (χ4n) is 5.18. The van der Waals surface area contributed by atoms with Crippen LogP contribution in [-0.2, 0) is 4.79 Å². The van der Waals surface area contributed by atoms with Crippen LogP contribution in [0.4, 0.5) is 11.6 Å². The van der Waals surface area contributed by atoms with Gasteiger partial charge in [-0.2, -0.15) is 0 Å². The minimum atomic E-state index is -0.197. The maximum absolute atomic E-state index is 13.6. The molecule has 2 aromatic carbocycles. The Morgan fingerprint density at radius 3 is 2.03 bits per heavy atom. The molecule has 1 amide bonds. The zero-order valence-electron chi connectivity index (χ0n) is 21.0. The quantitative estimate of drug-likeness (QED) is 0.481. The van der Waals surface area contributed by atoms with Crippen molar-refractivity contribution in [2.24, 2.45) is 0 Å². The number of amides is 1. The van der Waals surface area contributed by atoms with E-state index in [1.165, 1.54) is 12.8 Å². The maximum atomic E-state index is 13.6. The molecule has 7 nitrogen and oxygen atoms in total. The third kappa shape index (κ3) is 5.68. The van der Waals surface area contributed by atoms with Gasteiger partial charge in [-0.25, -0.2) is 9.97 Å². The molecule has 2 aliphatic heterocycles. The Labute approximate surface area is 213 Å². The molecule has 188 valence electrons. The summed E-state index contributed by atoms with van der Waals surface area (Å²) in [5.74, 6) is 1.62. The molecule has 3 heterocycles. The lowest BCUT2D eigenvalue weighted by molar-refractivity contribution is -0.138. The summed E-state index contributed by atoms with van der Waals surface area (Å²) in [5.41, 5.74) is 3.94. The topological polar surface area (TPSA) is 70.6 Å². The number of carbonyl (C=O) groups is 1. The number of hydrogen-bond acceptors (Lipinski definition) is 6. The minimum Gasteiger partial charge on any atom is -0.497 e. The molecule has 0 spiro atoms. The summed E-state index contributed by atoms with van der Waals surface area (Å²) in [6.45, 7) is 3.73. The normalized spacial score (nSPS) is 17.4. The van der Waals surface area contributed by atoms with Crippen molar-refractivity contribution in [3.8, 4) is 16.9 Å². The van der Waals surface area contributed by atoms with E-state index in [9.17, 15) is 4.79 Å². The van der Waals surface area contributed by atoms with Gasteiger partial charge in [-0.15, -0.1) is 0 Å². The zero-order valence-corrected chi connectivity index (χ0v) is 21.0. The molecule has 0 aliphatic carbocycles. The number of nitrogens with zero attached hydrogens (tertiary/aromatic N) is 4. The van der Waals surface area contributed by atoms with Crippen LogP contribution < -0.4 is 10.1 Å². The average Bonchev–Trinajstić information content (AvgIpc) is 2.95. The number of methoxy groups -OCH3 is 1. The van der Waals surface area contributed by atoms with Gasteiger partial charge in [0.1, 0.15) is 11.8 Å². The van der Waals surface area contributed by atoms with E-state index in [1.807, 2.05) is 48.8 Å². The predicted molar refractivity (Wildman–Crippen MR) is 142 cm³/mol. The van der Waals surface area contributed by atoms with Crippen LogP contribution in [0.3, 0.4) is 0 Å².